The number of hydrogen-bond donors (Lipinski definition) is 1. The predicted molar refractivity (Wildman–Crippen MR) is 73.1 cm³/mol. The smallest absolute Gasteiger partial charge is 0.275 e. The second kappa shape index (κ2) is 5.35. The van der Waals surface area contributed by atoms with E-state index in [-0.39, 0.29) is 17.7 Å². The van der Waals surface area contributed by atoms with Crippen LogP contribution in [-0.2, 0) is 9.63 Å². The van der Waals surface area contributed by atoms with Gasteiger partial charge in [-0.2, -0.15) is 0 Å². The summed E-state index contributed by atoms with van der Waals surface area (Å²) in [6.45, 7) is 1.81. The molecule has 0 aliphatic carbocycles. The number of anilines is 1. The SMILES string of the molecule is CC1CC(C(=O)Nc2cc(-c3ccccc3F)no2)=NO1. The molecule has 0 radical (unpaired) electrons. The summed E-state index contributed by atoms with van der Waals surface area (Å²) < 4.78 is 18.6. The number of oxime groups is 1. The van der Waals surface area contributed by atoms with E-state index in [1.807, 2.05) is 6.92 Å². The van der Waals surface area contributed by atoms with E-state index < -0.39 is 11.7 Å². The molecule has 0 saturated carbocycles. The standard InChI is InChI=1S/C14H12FN3O3/c1-8-6-12(18-20-8)14(19)16-13-7-11(17-21-13)9-4-2-3-5-10(9)15/h2-5,7-8H,6H2,1H3,(H,16,19). The second-order valence-corrected chi connectivity index (χ2v) is 4.67. The first-order chi connectivity index (χ1) is 10.1. The molecule has 1 aliphatic heterocycles. The minimum Gasteiger partial charge on any atom is -0.392 e. The lowest BCUT2D eigenvalue weighted by atomic mass is 10.1. The zero-order valence-electron chi connectivity index (χ0n) is 11.2. The highest BCUT2D eigenvalue weighted by Gasteiger charge is 2.23. The Bertz CT molecular complexity index is 711. The lowest BCUT2D eigenvalue weighted by molar-refractivity contribution is -0.110. The van der Waals surface area contributed by atoms with Crippen LogP contribution in [0.5, 0.6) is 0 Å². The fraction of sp³-hybridized carbons (Fsp3) is 0.214. The van der Waals surface area contributed by atoms with Gasteiger partial charge in [0.2, 0.25) is 5.88 Å². The van der Waals surface area contributed by atoms with Gasteiger partial charge >= 0.3 is 0 Å². The molecule has 2 heterocycles. The molecule has 1 unspecified atom stereocenters. The third-order valence-corrected chi connectivity index (χ3v) is 2.98. The molecule has 0 saturated heterocycles. The van der Waals surface area contributed by atoms with E-state index in [0.29, 0.717) is 17.7 Å². The van der Waals surface area contributed by atoms with Gasteiger partial charge in [0, 0.05) is 18.1 Å². The molecule has 1 aromatic heterocycles. The van der Waals surface area contributed by atoms with Crippen molar-refractivity contribution in [2.24, 2.45) is 5.16 Å². The molecule has 1 aromatic carbocycles. The molecule has 1 atom stereocenters. The Balaban J connectivity index is 1.74. The van der Waals surface area contributed by atoms with Gasteiger partial charge in [0.1, 0.15) is 23.3 Å². The van der Waals surface area contributed by atoms with Crippen molar-refractivity contribution in [3.63, 3.8) is 0 Å². The maximum Gasteiger partial charge on any atom is 0.275 e. The van der Waals surface area contributed by atoms with E-state index >= 15 is 0 Å². The summed E-state index contributed by atoms with van der Waals surface area (Å²) in [5.41, 5.74) is 0.893. The maximum absolute atomic E-state index is 13.6. The van der Waals surface area contributed by atoms with Gasteiger partial charge in [-0.05, 0) is 19.1 Å². The largest absolute Gasteiger partial charge is 0.392 e. The number of halogens is 1. The quantitative estimate of drug-likeness (QED) is 0.942. The van der Waals surface area contributed by atoms with Crippen LogP contribution >= 0.6 is 0 Å². The van der Waals surface area contributed by atoms with Crippen LogP contribution in [0.15, 0.2) is 40.0 Å². The summed E-state index contributed by atoms with van der Waals surface area (Å²) in [6.07, 6.45) is 0.314. The lowest BCUT2D eigenvalue weighted by Crippen LogP contribution is -2.22. The van der Waals surface area contributed by atoms with E-state index in [4.69, 9.17) is 9.36 Å². The van der Waals surface area contributed by atoms with Crippen LogP contribution in [0.25, 0.3) is 11.3 Å². The summed E-state index contributed by atoms with van der Waals surface area (Å²) >= 11 is 0. The fourth-order valence-corrected chi connectivity index (χ4v) is 1.95. The molecule has 1 aliphatic rings. The van der Waals surface area contributed by atoms with Crippen LogP contribution in [0, 0.1) is 5.82 Å². The van der Waals surface area contributed by atoms with Crippen LogP contribution in [-0.4, -0.2) is 22.9 Å². The van der Waals surface area contributed by atoms with E-state index in [2.05, 4.69) is 15.6 Å². The molecule has 7 heteroatoms. The van der Waals surface area contributed by atoms with Crippen molar-refractivity contribution in [3.8, 4) is 11.3 Å². The topological polar surface area (TPSA) is 76.7 Å². The summed E-state index contributed by atoms with van der Waals surface area (Å²) in [4.78, 5) is 16.8. The van der Waals surface area contributed by atoms with E-state index in [1.54, 1.807) is 18.2 Å². The zero-order valence-corrected chi connectivity index (χ0v) is 11.2. The Labute approximate surface area is 119 Å². The average molecular weight is 289 g/mol. The fourth-order valence-electron chi connectivity index (χ4n) is 1.95. The molecule has 21 heavy (non-hydrogen) atoms. The van der Waals surface area contributed by atoms with E-state index in [0.717, 1.165) is 0 Å². The average Bonchev–Trinajstić information content (AvgIpc) is 3.08. The van der Waals surface area contributed by atoms with Gasteiger partial charge in [-0.3, -0.25) is 10.1 Å². The highest BCUT2D eigenvalue weighted by atomic mass is 19.1. The molecule has 3 rings (SSSR count). The van der Waals surface area contributed by atoms with Crippen molar-refractivity contribution in [2.45, 2.75) is 19.4 Å². The van der Waals surface area contributed by atoms with E-state index in [9.17, 15) is 9.18 Å². The number of carbonyl (C=O) groups is 1. The zero-order chi connectivity index (χ0) is 14.8. The Morgan fingerprint density at radius 1 is 1.43 bits per heavy atom. The molecule has 108 valence electrons. The molecule has 0 spiro atoms. The van der Waals surface area contributed by atoms with Crippen molar-refractivity contribution in [1.82, 2.24) is 5.16 Å². The van der Waals surface area contributed by atoms with Crippen molar-refractivity contribution in [1.29, 1.82) is 0 Å². The first-order valence-corrected chi connectivity index (χ1v) is 6.39. The molecule has 2 aromatic rings. The summed E-state index contributed by atoms with van der Waals surface area (Å²) in [6, 6.07) is 7.64. The van der Waals surface area contributed by atoms with Crippen molar-refractivity contribution >= 4 is 17.5 Å². The molecule has 6 nitrogen and oxygen atoms in total. The summed E-state index contributed by atoms with van der Waals surface area (Å²) in [7, 11) is 0. The van der Waals surface area contributed by atoms with Crippen LogP contribution in [0.3, 0.4) is 0 Å². The normalized spacial score (nSPS) is 17.2. The van der Waals surface area contributed by atoms with Gasteiger partial charge in [-0.1, -0.05) is 22.4 Å². The van der Waals surface area contributed by atoms with Crippen LogP contribution in [0.2, 0.25) is 0 Å². The van der Waals surface area contributed by atoms with Gasteiger partial charge in [0.25, 0.3) is 5.91 Å². The Morgan fingerprint density at radius 3 is 2.95 bits per heavy atom. The highest BCUT2D eigenvalue weighted by molar-refractivity contribution is 6.43. The molecule has 1 N–H and O–H groups in total. The summed E-state index contributed by atoms with van der Waals surface area (Å²) in [5, 5.41) is 9.93. The Kier molecular flexibility index (Phi) is 3.39. The van der Waals surface area contributed by atoms with Crippen molar-refractivity contribution < 1.29 is 18.5 Å². The van der Waals surface area contributed by atoms with E-state index in [1.165, 1.54) is 12.1 Å². The first-order valence-electron chi connectivity index (χ1n) is 6.39. The molecular formula is C14H12FN3O3. The van der Waals surface area contributed by atoms with Gasteiger partial charge in [-0.25, -0.2) is 4.39 Å². The van der Waals surface area contributed by atoms with Gasteiger partial charge in [-0.15, -0.1) is 0 Å². The van der Waals surface area contributed by atoms with Gasteiger partial charge in [0.05, 0.1) is 0 Å². The number of nitrogens with zero attached hydrogens (tertiary/aromatic N) is 2. The number of amides is 1. The van der Waals surface area contributed by atoms with Gasteiger partial charge in [0.15, 0.2) is 0 Å². The number of nitrogens with one attached hydrogen (secondary N) is 1. The highest BCUT2D eigenvalue weighted by Crippen LogP contribution is 2.24. The van der Waals surface area contributed by atoms with Crippen LogP contribution in [0.4, 0.5) is 10.3 Å². The number of carbonyl (C=O) groups excluding carboxylic acids is 1. The van der Waals surface area contributed by atoms with Crippen molar-refractivity contribution in [2.75, 3.05) is 5.32 Å². The molecule has 0 fully saturated rings. The second-order valence-electron chi connectivity index (χ2n) is 4.67. The number of rotatable bonds is 3. The summed E-state index contributed by atoms with van der Waals surface area (Å²) in [5.74, 6) is -0.706. The lowest BCUT2D eigenvalue weighted by Gasteiger charge is -1.98. The Morgan fingerprint density at radius 2 is 2.24 bits per heavy atom. The molecular weight excluding hydrogens is 277 g/mol. The Hall–Kier alpha value is -2.70. The number of hydrogen-bond acceptors (Lipinski definition) is 5. The maximum atomic E-state index is 13.6. The predicted octanol–water partition coefficient (Wildman–Crippen LogP) is 2.58. The van der Waals surface area contributed by atoms with Crippen LogP contribution in [0.1, 0.15) is 13.3 Å². The number of aromatic nitrogens is 1. The minimum absolute atomic E-state index is 0.116. The van der Waals surface area contributed by atoms with Crippen LogP contribution < -0.4 is 5.32 Å². The number of benzene rings is 1. The monoisotopic (exact) mass is 289 g/mol. The first kappa shape index (κ1) is 13.3. The minimum atomic E-state index is -0.421. The molecule has 1 amide bonds. The van der Waals surface area contributed by atoms with Crippen molar-refractivity contribution in [3.05, 3.63) is 36.1 Å². The third kappa shape index (κ3) is 2.76. The van der Waals surface area contributed by atoms with Gasteiger partial charge < -0.3 is 9.36 Å². The third-order valence-electron chi connectivity index (χ3n) is 2.98. The molecule has 0 bridgehead atoms.